The lowest BCUT2D eigenvalue weighted by atomic mass is 10.2. The summed E-state index contributed by atoms with van der Waals surface area (Å²) >= 11 is 0. The number of rotatable bonds is 4. The lowest BCUT2D eigenvalue weighted by Gasteiger charge is -2.21. The van der Waals surface area contributed by atoms with E-state index in [2.05, 4.69) is 4.74 Å². The molecule has 0 bridgehead atoms. The molecule has 27 heavy (non-hydrogen) atoms. The number of carbonyl (C=O) groups is 2. The standard InChI is InChI=1S/C18H12F5NO3/c19-14(15(20)18(21,22)23)11-27-17(26)16(25)24(12-7-3-1-4-8-12)13-9-5-2-6-10-13/h1-10H,11H2/b15-14+. The average Bonchev–Trinajstić information content (AvgIpc) is 2.66. The zero-order valence-corrected chi connectivity index (χ0v) is 13.5. The van der Waals surface area contributed by atoms with E-state index in [0.29, 0.717) is 0 Å². The Morgan fingerprint density at radius 2 is 1.30 bits per heavy atom. The molecular weight excluding hydrogens is 373 g/mol. The number of anilines is 2. The molecule has 2 rings (SSSR count). The lowest BCUT2D eigenvalue weighted by Crippen LogP contribution is -2.34. The number of nitrogens with zero attached hydrogens (tertiary/aromatic N) is 1. The third-order valence-corrected chi connectivity index (χ3v) is 3.22. The van der Waals surface area contributed by atoms with Crippen LogP contribution in [0.25, 0.3) is 0 Å². The van der Waals surface area contributed by atoms with Gasteiger partial charge >= 0.3 is 18.1 Å². The number of amides is 1. The second-order valence-corrected chi connectivity index (χ2v) is 5.10. The van der Waals surface area contributed by atoms with E-state index in [0.717, 1.165) is 4.90 Å². The molecule has 0 spiro atoms. The molecule has 2 aromatic rings. The van der Waals surface area contributed by atoms with E-state index < -0.39 is 36.3 Å². The zero-order chi connectivity index (χ0) is 20.0. The summed E-state index contributed by atoms with van der Waals surface area (Å²) in [6.07, 6.45) is -5.55. The number of carbonyl (C=O) groups excluding carboxylic acids is 2. The van der Waals surface area contributed by atoms with Crippen molar-refractivity contribution in [1.29, 1.82) is 0 Å². The molecule has 0 aromatic heterocycles. The molecule has 0 atom stereocenters. The lowest BCUT2D eigenvalue weighted by molar-refractivity contribution is -0.153. The second-order valence-electron chi connectivity index (χ2n) is 5.10. The van der Waals surface area contributed by atoms with Gasteiger partial charge in [-0.05, 0) is 24.3 Å². The van der Waals surface area contributed by atoms with Gasteiger partial charge in [0.05, 0.1) is 0 Å². The van der Waals surface area contributed by atoms with Gasteiger partial charge in [-0.25, -0.2) is 9.18 Å². The van der Waals surface area contributed by atoms with E-state index in [1.165, 1.54) is 24.3 Å². The Morgan fingerprint density at radius 3 is 1.70 bits per heavy atom. The number of allylic oxidation sites excluding steroid dienone is 1. The van der Waals surface area contributed by atoms with Gasteiger partial charge in [0.25, 0.3) is 0 Å². The van der Waals surface area contributed by atoms with Crippen molar-refractivity contribution >= 4 is 23.3 Å². The highest BCUT2D eigenvalue weighted by atomic mass is 19.4. The van der Waals surface area contributed by atoms with Crippen molar-refractivity contribution in [3.8, 4) is 0 Å². The maximum atomic E-state index is 13.1. The molecule has 0 aliphatic carbocycles. The largest absolute Gasteiger partial charge is 0.451 e. The summed E-state index contributed by atoms with van der Waals surface area (Å²) in [5, 5.41) is 0. The predicted octanol–water partition coefficient (Wildman–Crippen LogP) is 4.61. The molecule has 0 N–H and O–H groups in total. The minimum absolute atomic E-state index is 0.267. The maximum absolute atomic E-state index is 13.1. The van der Waals surface area contributed by atoms with Crippen molar-refractivity contribution < 1.29 is 36.3 Å². The Balaban J connectivity index is 2.22. The van der Waals surface area contributed by atoms with Crippen molar-refractivity contribution in [3.63, 3.8) is 0 Å². The molecular formula is C18H12F5NO3. The van der Waals surface area contributed by atoms with Crippen LogP contribution in [-0.4, -0.2) is 24.7 Å². The van der Waals surface area contributed by atoms with Crippen LogP contribution in [0.2, 0.25) is 0 Å². The fraction of sp³-hybridized carbons (Fsp3) is 0.111. The minimum atomic E-state index is -5.55. The molecule has 0 fully saturated rings. The summed E-state index contributed by atoms with van der Waals surface area (Å²) in [4.78, 5) is 25.3. The monoisotopic (exact) mass is 385 g/mol. The SMILES string of the molecule is O=C(OC/C(F)=C(\F)C(F)(F)F)C(=O)N(c1ccccc1)c1ccccc1. The third kappa shape index (κ3) is 5.13. The molecule has 0 unspecified atom stereocenters. The van der Waals surface area contributed by atoms with Gasteiger partial charge in [-0.15, -0.1) is 0 Å². The van der Waals surface area contributed by atoms with E-state index in [9.17, 15) is 31.5 Å². The van der Waals surface area contributed by atoms with E-state index in [-0.39, 0.29) is 11.4 Å². The van der Waals surface area contributed by atoms with Gasteiger partial charge in [-0.2, -0.15) is 17.6 Å². The van der Waals surface area contributed by atoms with Gasteiger partial charge in [-0.3, -0.25) is 9.69 Å². The first-order chi connectivity index (χ1) is 12.7. The van der Waals surface area contributed by atoms with Gasteiger partial charge in [0, 0.05) is 11.4 Å². The van der Waals surface area contributed by atoms with Crippen LogP contribution in [0, 0.1) is 0 Å². The van der Waals surface area contributed by atoms with Crippen LogP contribution in [0.4, 0.5) is 33.3 Å². The minimum Gasteiger partial charge on any atom is -0.451 e. The molecule has 0 radical (unpaired) electrons. The molecule has 0 saturated carbocycles. The Labute approximate surface area is 150 Å². The molecule has 0 saturated heterocycles. The van der Waals surface area contributed by atoms with Crippen LogP contribution in [-0.2, 0) is 14.3 Å². The average molecular weight is 385 g/mol. The molecule has 9 heteroatoms. The zero-order valence-electron chi connectivity index (χ0n) is 13.5. The summed E-state index contributed by atoms with van der Waals surface area (Å²) in [6, 6.07) is 15.7. The van der Waals surface area contributed by atoms with E-state index >= 15 is 0 Å². The molecule has 0 heterocycles. The molecule has 1 amide bonds. The fourth-order valence-electron chi connectivity index (χ4n) is 2.04. The molecule has 2 aromatic carbocycles. The van der Waals surface area contributed by atoms with Crippen LogP contribution >= 0.6 is 0 Å². The summed E-state index contributed by atoms with van der Waals surface area (Å²) in [7, 11) is 0. The number of hydrogen-bond donors (Lipinski definition) is 0. The quantitative estimate of drug-likeness (QED) is 0.439. The Kier molecular flexibility index (Phi) is 6.27. The first-order valence-corrected chi connectivity index (χ1v) is 7.44. The maximum Gasteiger partial charge on any atom is 0.445 e. The van der Waals surface area contributed by atoms with Crippen molar-refractivity contribution in [2.45, 2.75) is 6.18 Å². The molecule has 0 aliphatic rings. The van der Waals surface area contributed by atoms with E-state index in [1.807, 2.05) is 0 Å². The van der Waals surface area contributed by atoms with E-state index in [4.69, 9.17) is 0 Å². The van der Waals surface area contributed by atoms with Crippen LogP contribution in [0.15, 0.2) is 72.3 Å². The summed E-state index contributed by atoms with van der Waals surface area (Å²) in [5.74, 6) is -8.29. The first kappa shape index (κ1) is 20.1. The number of benzene rings is 2. The number of halogens is 5. The van der Waals surface area contributed by atoms with Crippen molar-refractivity contribution in [2.24, 2.45) is 0 Å². The van der Waals surface area contributed by atoms with Crippen molar-refractivity contribution in [2.75, 3.05) is 11.5 Å². The van der Waals surface area contributed by atoms with Crippen molar-refractivity contribution in [1.82, 2.24) is 0 Å². The molecule has 4 nitrogen and oxygen atoms in total. The van der Waals surface area contributed by atoms with E-state index in [1.54, 1.807) is 36.4 Å². The van der Waals surface area contributed by atoms with Gasteiger partial charge in [0.1, 0.15) is 6.61 Å². The number of alkyl halides is 3. The van der Waals surface area contributed by atoms with Gasteiger partial charge < -0.3 is 4.74 Å². The highest BCUT2D eigenvalue weighted by Gasteiger charge is 2.38. The molecule has 0 aliphatic heterocycles. The second kappa shape index (κ2) is 8.43. The predicted molar refractivity (Wildman–Crippen MR) is 86.3 cm³/mol. The van der Waals surface area contributed by atoms with Crippen molar-refractivity contribution in [3.05, 3.63) is 72.3 Å². The van der Waals surface area contributed by atoms with Crippen LogP contribution in [0.5, 0.6) is 0 Å². The van der Waals surface area contributed by atoms with Crippen LogP contribution in [0.3, 0.4) is 0 Å². The van der Waals surface area contributed by atoms with Gasteiger partial charge in [-0.1, -0.05) is 36.4 Å². The number of para-hydroxylation sites is 2. The molecule has 142 valence electrons. The smallest absolute Gasteiger partial charge is 0.445 e. The number of ether oxygens (including phenoxy) is 1. The van der Waals surface area contributed by atoms with Gasteiger partial charge in [0.15, 0.2) is 5.83 Å². The summed E-state index contributed by atoms with van der Waals surface area (Å²) in [5.41, 5.74) is 0.534. The normalized spacial score (nSPS) is 12.2. The highest BCUT2D eigenvalue weighted by Crippen LogP contribution is 2.30. The highest BCUT2D eigenvalue weighted by molar-refractivity contribution is 6.39. The fourth-order valence-corrected chi connectivity index (χ4v) is 2.04. The summed E-state index contributed by atoms with van der Waals surface area (Å²) < 4.78 is 66.3. The Hall–Kier alpha value is -3.23. The topological polar surface area (TPSA) is 46.6 Å². The van der Waals surface area contributed by atoms with Crippen LogP contribution < -0.4 is 4.90 Å². The number of hydrogen-bond acceptors (Lipinski definition) is 3. The number of esters is 1. The van der Waals surface area contributed by atoms with Gasteiger partial charge in [0.2, 0.25) is 5.83 Å². The Bertz CT molecular complexity index is 796. The third-order valence-electron chi connectivity index (χ3n) is 3.22. The summed E-state index contributed by atoms with van der Waals surface area (Å²) in [6.45, 7) is -1.66. The van der Waals surface area contributed by atoms with Crippen LogP contribution in [0.1, 0.15) is 0 Å². The first-order valence-electron chi connectivity index (χ1n) is 7.44. The Morgan fingerprint density at radius 1 is 0.852 bits per heavy atom.